The summed E-state index contributed by atoms with van der Waals surface area (Å²) in [6, 6.07) is 19.6. The van der Waals surface area contributed by atoms with Crippen molar-refractivity contribution in [2.75, 3.05) is 20.2 Å². The first-order chi connectivity index (χ1) is 26.4. The Balaban J connectivity index is 0.000000518. The van der Waals surface area contributed by atoms with Crippen molar-refractivity contribution in [2.45, 2.75) is 105 Å². The molecule has 1 saturated heterocycles. The van der Waals surface area contributed by atoms with Crippen LogP contribution in [0.25, 0.3) is 44.2 Å². The number of aromatic amines is 2. The van der Waals surface area contributed by atoms with E-state index in [1.807, 2.05) is 45.7 Å². The van der Waals surface area contributed by atoms with Crippen molar-refractivity contribution in [2.24, 2.45) is 5.92 Å². The SMILES string of the molecule is CCC.CCCN(Cc1ncc(-c2ccc(-c3ccc4c(ccc5[nH]c(C6C7CCC(C7)N6C=O)nc54)c3)cc2)[nH]1)C(=O)OC(C)(C)C.CCNC(=O)OC. The van der Waals surface area contributed by atoms with E-state index in [9.17, 15) is 14.4 Å². The highest BCUT2D eigenvalue weighted by molar-refractivity contribution is 6.05. The van der Waals surface area contributed by atoms with Gasteiger partial charge in [-0.1, -0.05) is 69.7 Å². The number of ether oxygens (including phenoxy) is 2. The van der Waals surface area contributed by atoms with Gasteiger partial charge in [-0.15, -0.1) is 0 Å². The fourth-order valence-corrected chi connectivity index (χ4v) is 7.34. The number of piperidine rings is 1. The van der Waals surface area contributed by atoms with Gasteiger partial charge in [-0.25, -0.2) is 19.6 Å². The standard InChI is InChI=1S/C36H40N6O3.C4H9NO2.C3H8/c1-5-16-41(35(44)45-36(2,3)4)20-31-37-19-30(38-31)23-8-6-22(7-9-23)24-11-14-28-25(17-24)12-15-29-32(28)40-34(39-29)33-26-10-13-27(18-26)42(33)21-43;1-3-5-4(6)7-2;1-3-2/h6-9,11-12,14-15,17,19,21,26-27,33H,5,10,13,16,18,20H2,1-4H3,(H,37,38)(H,39,40);3H2,1-2H3,(H,5,6);3H2,1-2H3. The molecule has 3 unspecified atom stereocenters. The van der Waals surface area contributed by atoms with Gasteiger partial charge in [0.2, 0.25) is 6.41 Å². The summed E-state index contributed by atoms with van der Waals surface area (Å²) in [6.07, 6.45) is 7.54. The van der Waals surface area contributed by atoms with Gasteiger partial charge in [-0.05, 0) is 93.5 Å². The summed E-state index contributed by atoms with van der Waals surface area (Å²) in [4.78, 5) is 54.8. The van der Waals surface area contributed by atoms with Crippen LogP contribution in [0, 0.1) is 5.92 Å². The van der Waals surface area contributed by atoms with Gasteiger partial charge in [-0.2, -0.15) is 0 Å². The zero-order valence-corrected chi connectivity index (χ0v) is 33.6. The van der Waals surface area contributed by atoms with Gasteiger partial charge in [0.25, 0.3) is 0 Å². The number of hydrogen-bond acceptors (Lipinski definition) is 7. The lowest BCUT2D eigenvalue weighted by Gasteiger charge is -2.30. The molecule has 3 N–H and O–H groups in total. The number of hydrogen-bond donors (Lipinski definition) is 3. The second-order valence-corrected chi connectivity index (χ2v) is 15.2. The lowest BCUT2D eigenvalue weighted by Crippen LogP contribution is -2.37. The Hall–Kier alpha value is -5.39. The normalized spacial score (nSPS) is 17.2. The van der Waals surface area contributed by atoms with Crippen molar-refractivity contribution in [3.8, 4) is 22.4 Å². The topological polar surface area (TPSA) is 146 Å². The smallest absolute Gasteiger partial charge is 0.410 e. The molecule has 1 aliphatic heterocycles. The number of imidazole rings is 2. The highest BCUT2D eigenvalue weighted by Gasteiger charge is 2.47. The highest BCUT2D eigenvalue weighted by Crippen LogP contribution is 2.49. The molecule has 3 heterocycles. The molecule has 1 saturated carbocycles. The molecular weight excluding hydrogens is 695 g/mol. The Labute approximate surface area is 324 Å². The Morgan fingerprint density at radius 3 is 2.33 bits per heavy atom. The fourth-order valence-electron chi connectivity index (χ4n) is 7.34. The van der Waals surface area contributed by atoms with Crippen LogP contribution in [0.4, 0.5) is 9.59 Å². The van der Waals surface area contributed by atoms with E-state index >= 15 is 0 Å². The predicted molar refractivity (Wildman–Crippen MR) is 217 cm³/mol. The van der Waals surface area contributed by atoms with E-state index in [1.165, 1.54) is 13.5 Å². The molecule has 2 bridgehead atoms. The minimum absolute atomic E-state index is 0.0488. The van der Waals surface area contributed by atoms with E-state index < -0.39 is 5.60 Å². The third-order valence-electron chi connectivity index (χ3n) is 9.67. The Morgan fingerprint density at radius 1 is 0.982 bits per heavy atom. The van der Waals surface area contributed by atoms with Gasteiger partial charge < -0.3 is 34.6 Å². The first-order valence-corrected chi connectivity index (χ1v) is 19.5. The molecule has 5 aromatic rings. The molecule has 3 amide bonds. The van der Waals surface area contributed by atoms with E-state index in [1.54, 1.807) is 4.90 Å². The molecule has 3 atom stereocenters. The summed E-state index contributed by atoms with van der Waals surface area (Å²) in [5.74, 6) is 2.11. The molecule has 3 aromatic carbocycles. The first-order valence-electron chi connectivity index (χ1n) is 19.5. The van der Waals surface area contributed by atoms with Crippen LogP contribution in [0.1, 0.15) is 98.3 Å². The van der Waals surface area contributed by atoms with Gasteiger partial charge in [0.05, 0.1) is 42.6 Å². The van der Waals surface area contributed by atoms with E-state index in [2.05, 4.69) is 93.5 Å². The molecular formula is C43H57N7O5. The Kier molecular flexibility index (Phi) is 13.6. The van der Waals surface area contributed by atoms with Crippen molar-refractivity contribution in [3.05, 3.63) is 72.4 Å². The molecule has 2 aromatic heterocycles. The van der Waals surface area contributed by atoms with Crippen LogP contribution in [0.5, 0.6) is 0 Å². The summed E-state index contributed by atoms with van der Waals surface area (Å²) in [7, 11) is 1.34. The Morgan fingerprint density at radius 2 is 1.69 bits per heavy atom. The van der Waals surface area contributed by atoms with Crippen LogP contribution in [0.15, 0.2) is 60.8 Å². The quantitative estimate of drug-likeness (QED) is 0.127. The molecule has 12 nitrogen and oxygen atoms in total. The van der Waals surface area contributed by atoms with E-state index in [-0.39, 0.29) is 18.2 Å². The summed E-state index contributed by atoms with van der Waals surface area (Å²) >= 11 is 0. The zero-order chi connectivity index (χ0) is 39.7. The lowest BCUT2D eigenvalue weighted by molar-refractivity contribution is -0.122. The zero-order valence-electron chi connectivity index (χ0n) is 33.6. The maximum absolute atomic E-state index is 12.7. The molecule has 1 aliphatic carbocycles. The van der Waals surface area contributed by atoms with E-state index in [0.717, 1.165) is 87.9 Å². The predicted octanol–water partition coefficient (Wildman–Crippen LogP) is 9.38. The van der Waals surface area contributed by atoms with Crippen molar-refractivity contribution >= 4 is 40.4 Å². The second-order valence-electron chi connectivity index (χ2n) is 15.2. The molecule has 12 heteroatoms. The van der Waals surface area contributed by atoms with E-state index in [0.29, 0.717) is 31.6 Å². The minimum Gasteiger partial charge on any atom is -0.453 e. The molecule has 0 spiro atoms. The maximum atomic E-state index is 12.7. The monoisotopic (exact) mass is 751 g/mol. The number of aromatic nitrogens is 4. The number of carbonyl (C=O) groups is 3. The van der Waals surface area contributed by atoms with Crippen molar-refractivity contribution in [1.82, 2.24) is 35.1 Å². The average molecular weight is 752 g/mol. The molecule has 2 fully saturated rings. The number of rotatable bonds is 9. The minimum atomic E-state index is -0.548. The molecule has 2 aliphatic rings. The molecule has 294 valence electrons. The van der Waals surface area contributed by atoms with Crippen LogP contribution < -0.4 is 5.32 Å². The van der Waals surface area contributed by atoms with Gasteiger partial charge in [0, 0.05) is 24.5 Å². The summed E-state index contributed by atoms with van der Waals surface area (Å²) in [5.41, 5.74) is 5.58. The number of amides is 3. The number of nitrogens with one attached hydrogen (secondary N) is 3. The van der Waals surface area contributed by atoms with Crippen LogP contribution in [-0.2, 0) is 20.8 Å². The summed E-state index contributed by atoms with van der Waals surface area (Å²) < 4.78 is 9.83. The molecule has 0 radical (unpaired) electrons. The largest absolute Gasteiger partial charge is 0.453 e. The number of fused-ring (bicyclic) bond motifs is 5. The maximum Gasteiger partial charge on any atom is 0.410 e. The number of alkyl carbamates (subject to hydrolysis) is 1. The summed E-state index contributed by atoms with van der Waals surface area (Å²) in [5, 5.41) is 4.66. The van der Waals surface area contributed by atoms with Gasteiger partial charge in [0.15, 0.2) is 0 Å². The number of nitrogens with zero attached hydrogens (tertiary/aromatic N) is 4. The number of likely N-dealkylation sites (tertiary alicyclic amines) is 1. The number of carbonyl (C=O) groups excluding carboxylic acids is 3. The second kappa shape index (κ2) is 18.3. The first kappa shape index (κ1) is 40.8. The third kappa shape index (κ3) is 9.84. The number of benzene rings is 3. The van der Waals surface area contributed by atoms with Crippen LogP contribution in [0.3, 0.4) is 0 Å². The van der Waals surface area contributed by atoms with Crippen LogP contribution in [-0.4, -0.2) is 80.2 Å². The van der Waals surface area contributed by atoms with Crippen LogP contribution >= 0.6 is 0 Å². The number of methoxy groups -OCH3 is 1. The number of H-pyrrole nitrogens is 2. The van der Waals surface area contributed by atoms with Crippen molar-refractivity contribution in [3.63, 3.8) is 0 Å². The average Bonchev–Trinajstić information content (AvgIpc) is 3.99. The Bertz CT molecular complexity index is 2050. The molecule has 55 heavy (non-hydrogen) atoms. The molecule has 7 rings (SSSR count). The summed E-state index contributed by atoms with van der Waals surface area (Å²) in [6.45, 7) is 15.3. The van der Waals surface area contributed by atoms with Gasteiger partial charge in [0.1, 0.15) is 17.2 Å². The van der Waals surface area contributed by atoms with Crippen LogP contribution in [0.2, 0.25) is 0 Å². The van der Waals surface area contributed by atoms with E-state index in [4.69, 9.17) is 9.72 Å². The van der Waals surface area contributed by atoms with Crippen molar-refractivity contribution < 1.29 is 23.9 Å². The third-order valence-corrected chi connectivity index (χ3v) is 9.67. The lowest BCUT2D eigenvalue weighted by atomic mass is 9.98. The van der Waals surface area contributed by atoms with Gasteiger partial charge >= 0.3 is 12.2 Å². The highest BCUT2D eigenvalue weighted by atomic mass is 16.6. The van der Waals surface area contributed by atoms with Crippen molar-refractivity contribution in [1.29, 1.82) is 0 Å². The fraction of sp³-hybridized carbons (Fsp3) is 0.465. The van der Waals surface area contributed by atoms with Gasteiger partial charge in [-0.3, -0.25) is 4.79 Å².